The number of amides is 1. The Kier molecular flexibility index (Phi) is 6.03. The molecule has 7 nitrogen and oxygen atoms in total. The van der Waals surface area contributed by atoms with Crippen LogP contribution in [0.1, 0.15) is 12.5 Å². The minimum absolute atomic E-state index is 0.0786. The molecule has 1 amide bonds. The molecular weight excluding hydrogens is 410 g/mol. The van der Waals surface area contributed by atoms with Crippen LogP contribution in [0.15, 0.2) is 53.2 Å². The van der Waals surface area contributed by atoms with Crippen LogP contribution >= 0.6 is 11.6 Å². The van der Waals surface area contributed by atoms with Gasteiger partial charge in [0.25, 0.3) is 5.91 Å². The zero-order valence-corrected chi connectivity index (χ0v) is 17.6. The molecule has 0 radical (unpaired) electrons. The number of carbonyl (C=O) groups is 2. The fourth-order valence-electron chi connectivity index (χ4n) is 3.26. The van der Waals surface area contributed by atoms with Gasteiger partial charge in [-0.3, -0.25) is 9.69 Å². The molecule has 1 heterocycles. The quantitative estimate of drug-likeness (QED) is 0.572. The topological polar surface area (TPSA) is 85.3 Å². The summed E-state index contributed by atoms with van der Waals surface area (Å²) in [5.74, 6) is -0.575. The van der Waals surface area contributed by atoms with Gasteiger partial charge in [-0.1, -0.05) is 23.7 Å². The fraction of sp³-hybridized carbons (Fsp3) is 0.182. The van der Waals surface area contributed by atoms with Crippen molar-refractivity contribution < 1.29 is 28.9 Å². The standard InChI is InChI=1S/C22H20ClNO6/c1-12-19(22(27)30-4)15(10-13-6-5-7-18(29-3)20(13)25)21(26)24(12)14-8-9-17(28-2)16(23)11-14/h5-11,25H,1-4H3/b15-10-. The van der Waals surface area contributed by atoms with Gasteiger partial charge in [0.1, 0.15) is 5.75 Å². The minimum atomic E-state index is -0.670. The van der Waals surface area contributed by atoms with Gasteiger partial charge in [-0.05, 0) is 37.3 Å². The average molecular weight is 430 g/mol. The number of rotatable bonds is 5. The summed E-state index contributed by atoms with van der Waals surface area (Å²) in [6.07, 6.45) is 1.43. The van der Waals surface area contributed by atoms with Crippen molar-refractivity contribution in [3.63, 3.8) is 0 Å². The normalized spacial score (nSPS) is 15.0. The molecule has 0 saturated heterocycles. The number of aromatic hydroxyl groups is 1. The Morgan fingerprint density at radius 3 is 2.40 bits per heavy atom. The summed E-state index contributed by atoms with van der Waals surface area (Å²) in [4.78, 5) is 27.2. The van der Waals surface area contributed by atoms with Crippen LogP contribution in [0.25, 0.3) is 6.08 Å². The third-order valence-electron chi connectivity index (χ3n) is 4.73. The number of carbonyl (C=O) groups excluding carboxylic acids is 2. The third kappa shape index (κ3) is 3.59. The van der Waals surface area contributed by atoms with E-state index in [0.29, 0.717) is 27.7 Å². The van der Waals surface area contributed by atoms with E-state index in [1.165, 1.54) is 32.3 Å². The molecule has 1 aliphatic rings. The van der Waals surface area contributed by atoms with Crippen LogP contribution in [0.4, 0.5) is 5.69 Å². The van der Waals surface area contributed by atoms with Crippen molar-refractivity contribution in [1.82, 2.24) is 0 Å². The summed E-state index contributed by atoms with van der Waals surface area (Å²) < 4.78 is 15.2. The number of hydrogen-bond acceptors (Lipinski definition) is 6. The molecule has 2 aromatic carbocycles. The molecule has 0 unspecified atom stereocenters. The number of ether oxygens (including phenoxy) is 3. The Labute approximate surface area is 178 Å². The second kappa shape index (κ2) is 8.51. The summed E-state index contributed by atoms with van der Waals surface area (Å²) in [6, 6.07) is 9.72. The Balaban J connectivity index is 2.17. The predicted octanol–water partition coefficient (Wildman–Crippen LogP) is 3.94. The largest absolute Gasteiger partial charge is 0.504 e. The Hall–Kier alpha value is -3.45. The molecule has 0 atom stereocenters. The molecule has 30 heavy (non-hydrogen) atoms. The molecule has 2 aromatic rings. The molecule has 0 spiro atoms. The third-order valence-corrected chi connectivity index (χ3v) is 5.03. The molecule has 1 N–H and O–H groups in total. The van der Waals surface area contributed by atoms with Gasteiger partial charge in [-0.2, -0.15) is 0 Å². The smallest absolute Gasteiger partial charge is 0.340 e. The predicted molar refractivity (Wildman–Crippen MR) is 113 cm³/mol. The average Bonchev–Trinajstić information content (AvgIpc) is 2.98. The van der Waals surface area contributed by atoms with E-state index >= 15 is 0 Å². The van der Waals surface area contributed by atoms with Gasteiger partial charge in [0, 0.05) is 11.3 Å². The van der Waals surface area contributed by atoms with E-state index in [0.717, 1.165) is 0 Å². The summed E-state index contributed by atoms with van der Waals surface area (Å²) in [7, 11) is 4.15. The van der Waals surface area contributed by atoms with Crippen LogP contribution < -0.4 is 14.4 Å². The Morgan fingerprint density at radius 2 is 1.80 bits per heavy atom. The summed E-state index contributed by atoms with van der Waals surface area (Å²) in [6.45, 7) is 1.63. The number of nitrogens with zero attached hydrogens (tertiary/aromatic N) is 1. The first-order chi connectivity index (χ1) is 14.3. The van der Waals surface area contributed by atoms with Crippen molar-refractivity contribution in [2.45, 2.75) is 6.92 Å². The summed E-state index contributed by atoms with van der Waals surface area (Å²) in [5, 5.41) is 10.7. The highest BCUT2D eigenvalue weighted by molar-refractivity contribution is 6.32. The van der Waals surface area contributed by atoms with Crippen molar-refractivity contribution in [2.75, 3.05) is 26.2 Å². The van der Waals surface area contributed by atoms with Gasteiger partial charge >= 0.3 is 5.97 Å². The van der Waals surface area contributed by atoms with Gasteiger partial charge < -0.3 is 19.3 Å². The molecule has 0 aromatic heterocycles. The van der Waals surface area contributed by atoms with Crippen molar-refractivity contribution >= 4 is 35.2 Å². The van der Waals surface area contributed by atoms with E-state index in [1.54, 1.807) is 43.3 Å². The van der Waals surface area contributed by atoms with E-state index in [1.807, 2.05) is 0 Å². The van der Waals surface area contributed by atoms with Gasteiger partial charge in [-0.25, -0.2) is 4.79 Å². The van der Waals surface area contributed by atoms with Crippen molar-refractivity contribution in [2.24, 2.45) is 0 Å². The van der Waals surface area contributed by atoms with Crippen LogP contribution in [0.5, 0.6) is 17.2 Å². The number of phenols is 1. The second-order valence-electron chi connectivity index (χ2n) is 6.37. The number of esters is 1. The first-order valence-corrected chi connectivity index (χ1v) is 9.27. The lowest BCUT2D eigenvalue weighted by atomic mass is 10.0. The lowest BCUT2D eigenvalue weighted by Crippen LogP contribution is -2.24. The first kappa shape index (κ1) is 21.3. The molecule has 0 aliphatic carbocycles. The Bertz CT molecular complexity index is 1090. The maximum Gasteiger partial charge on any atom is 0.340 e. The van der Waals surface area contributed by atoms with Crippen molar-refractivity contribution in [3.05, 3.63) is 63.8 Å². The highest BCUT2D eigenvalue weighted by Gasteiger charge is 2.38. The fourth-order valence-corrected chi connectivity index (χ4v) is 3.51. The summed E-state index contributed by atoms with van der Waals surface area (Å²) >= 11 is 6.22. The zero-order valence-electron chi connectivity index (χ0n) is 16.9. The number of phenolic OH excluding ortho intramolecular Hbond substituents is 1. The van der Waals surface area contributed by atoms with Gasteiger partial charge in [0.05, 0.1) is 43.2 Å². The van der Waals surface area contributed by atoms with Gasteiger partial charge in [-0.15, -0.1) is 0 Å². The maximum atomic E-state index is 13.3. The van der Waals surface area contributed by atoms with E-state index in [-0.39, 0.29) is 22.6 Å². The van der Waals surface area contributed by atoms with E-state index in [2.05, 4.69) is 0 Å². The molecular formula is C22H20ClNO6. The van der Waals surface area contributed by atoms with Crippen LogP contribution in [0.2, 0.25) is 5.02 Å². The highest BCUT2D eigenvalue weighted by Crippen LogP contribution is 2.39. The number of halogens is 1. The lowest BCUT2D eigenvalue weighted by molar-refractivity contribution is -0.136. The van der Waals surface area contributed by atoms with E-state index < -0.39 is 11.9 Å². The molecule has 8 heteroatoms. The molecule has 0 bridgehead atoms. The number of hydrogen-bond donors (Lipinski definition) is 1. The maximum absolute atomic E-state index is 13.3. The SMILES string of the molecule is COC(=O)C1=C(C)N(c2ccc(OC)c(Cl)c2)C(=O)/C1=C\c1cccc(OC)c1O. The number of anilines is 1. The number of para-hydroxylation sites is 1. The lowest BCUT2D eigenvalue weighted by Gasteiger charge is -2.19. The molecule has 0 fully saturated rings. The monoisotopic (exact) mass is 429 g/mol. The van der Waals surface area contributed by atoms with Crippen molar-refractivity contribution in [3.8, 4) is 17.2 Å². The Morgan fingerprint density at radius 1 is 1.10 bits per heavy atom. The second-order valence-corrected chi connectivity index (χ2v) is 6.77. The number of methoxy groups -OCH3 is 3. The van der Waals surface area contributed by atoms with Crippen LogP contribution in [-0.4, -0.2) is 38.3 Å². The van der Waals surface area contributed by atoms with E-state index in [4.69, 9.17) is 25.8 Å². The summed E-state index contributed by atoms with van der Waals surface area (Å²) in [5.41, 5.74) is 1.33. The van der Waals surface area contributed by atoms with Gasteiger partial charge in [0.2, 0.25) is 0 Å². The number of benzene rings is 2. The highest BCUT2D eigenvalue weighted by atomic mass is 35.5. The number of allylic oxidation sites excluding steroid dienone is 1. The minimum Gasteiger partial charge on any atom is -0.504 e. The molecule has 156 valence electrons. The molecule has 1 aliphatic heterocycles. The van der Waals surface area contributed by atoms with E-state index in [9.17, 15) is 14.7 Å². The first-order valence-electron chi connectivity index (χ1n) is 8.89. The van der Waals surface area contributed by atoms with Crippen LogP contribution in [0.3, 0.4) is 0 Å². The molecule has 3 rings (SSSR count). The van der Waals surface area contributed by atoms with Crippen LogP contribution in [0, 0.1) is 0 Å². The van der Waals surface area contributed by atoms with Crippen molar-refractivity contribution in [1.29, 1.82) is 0 Å². The molecule has 0 saturated carbocycles. The van der Waals surface area contributed by atoms with Crippen LogP contribution in [-0.2, 0) is 14.3 Å². The van der Waals surface area contributed by atoms with Gasteiger partial charge in [0.15, 0.2) is 11.5 Å². The zero-order chi connectivity index (χ0) is 22.0.